The van der Waals surface area contributed by atoms with E-state index in [1.807, 2.05) is 42.6 Å². The molecule has 0 aliphatic carbocycles. The third kappa shape index (κ3) is 5.27. The number of hydrogen-bond acceptors (Lipinski definition) is 6. The van der Waals surface area contributed by atoms with Crippen LogP contribution in [0.3, 0.4) is 0 Å². The fourth-order valence-corrected chi connectivity index (χ4v) is 4.78. The van der Waals surface area contributed by atoms with Crippen molar-refractivity contribution in [3.05, 3.63) is 54.4 Å². The van der Waals surface area contributed by atoms with Crippen LogP contribution in [-0.4, -0.2) is 61.0 Å². The van der Waals surface area contributed by atoms with Crippen molar-refractivity contribution in [3.63, 3.8) is 0 Å². The number of likely N-dealkylation sites (N-methyl/N-ethyl adjacent to an activating group) is 1. The maximum atomic E-state index is 13.3. The second-order valence-corrected chi connectivity index (χ2v) is 9.31. The molecule has 184 valence electrons. The number of ether oxygens (including phenoxy) is 3. The summed E-state index contributed by atoms with van der Waals surface area (Å²) in [5.41, 5.74) is 3.58. The molecule has 2 atom stereocenters. The van der Waals surface area contributed by atoms with Gasteiger partial charge in [-0.2, -0.15) is 5.10 Å². The average Bonchev–Trinajstić information content (AvgIpc) is 3.43. The van der Waals surface area contributed by atoms with Gasteiger partial charge in [-0.05, 0) is 74.3 Å². The first-order chi connectivity index (χ1) is 17.1. The summed E-state index contributed by atoms with van der Waals surface area (Å²) in [5.74, 6) is 1.83. The molecule has 5 rings (SSSR count). The Morgan fingerprint density at radius 1 is 1.23 bits per heavy atom. The summed E-state index contributed by atoms with van der Waals surface area (Å²) in [6.45, 7) is 2.00. The Morgan fingerprint density at radius 3 is 2.94 bits per heavy atom. The number of hydrogen-bond donors (Lipinski definition) is 2. The van der Waals surface area contributed by atoms with Crippen LogP contribution in [-0.2, 0) is 11.2 Å². The Balaban J connectivity index is 1.33. The predicted molar refractivity (Wildman–Crippen MR) is 134 cm³/mol. The lowest BCUT2D eigenvalue weighted by Crippen LogP contribution is -2.40. The molecule has 1 saturated heterocycles. The summed E-state index contributed by atoms with van der Waals surface area (Å²) in [6, 6.07) is 11.9. The van der Waals surface area contributed by atoms with Gasteiger partial charge in [0.05, 0.1) is 24.9 Å². The highest BCUT2D eigenvalue weighted by atomic mass is 16.5. The topological polar surface area (TPSA) is 88.7 Å². The molecule has 1 amide bonds. The first-order valence-corrected chi connectivity index (χ1v) is 12.2. The molecular formula is C27H32N4O4. The molecule has 8 nitrogen and oxygen atoms in total. The van der Waals surface area contributed by atoms with Gasteiger partial charge in [-0.3, -0.25) is 9.89 Å². The molecule has 0 bridgehead atoms. The number of amides is 1. The number of carbonyl (C=O) groups is 1. The van der Waals surface area contributed by atoms with Crippen LogP contribution in [0.4, 0.5) is 5.69 Å². The number of anilines is 1. The van der Waals surface area contributed by atoms with Crippen LogP contribution in [0.5, 0.6) is 17.2 Å². The van der Waals surface area contributed by atoms with Gasteiger partial charge in [0, 0.05) is 17.8 Å². The zero-order valence-corrected chi connectivity index (χ0v) is 20.3. The Kier molecular flexibility index (Phi) is 6.90. The number of likely N-dealkylation sites (tertiary alicyclic amines) is 1. The number of H-pyrrole nitrogens is 1. The molecule has 2 aliphatic rings. The van der Waals surface area contributed by atoms with Gasteiger partial charge in [0.15, 0.2) is 0 Å². The quantitative estimate of drug-likeness (QED) is 0.533. The van der Waals surface area contributed by atoms with Crippen molar-refractivity contribution >= 4 is 11.6 Å². The van der Waals surface area contributed by atoms with Crippen molar-refractivity contribution in [1.82, 2.24) is 15.1 Å². The first-order valence-electron chi connectivity index (χ1n) is 12.2. The number of benzene rings is 2. The summed E-state index contributed by atoms with van der Waals surface area (Å²) in [6.07, 6.45) is 7.76. The first kappa shape index (κ1) is 23.2. The predicted octanol–water partition coefficient (Wildman–Crippen LogP) is 4.14. The van der Waals surface area contributed by atoms with Crippen LogP contribution in [0.25, 0.3) is 11.1 Å². The minimum atomic E-state index is -0.305. The Bertz CT molecular complexity index is 1160. The second kappa shape index (κ2) is 10.4. The van der Waals surface area contributed by atoms with Crippen molar-refractivity contribution in [3.8, 4) is 28.4 Å². The molecule has 1 aromatic heterocycles. The fourth-order valence-electron chi connectivity index (χ4n) is 4.78. The highest BCUT2D eigenvalue weighted by Crippen LogP contribution is 2.34. The number of fused-ring (bicyclic) bond motifs is 1. The fraction of sp³-hybridized carbons (Fsp3) is 0.407. The summed E-state index contributed by atoms with van der Waals surface area (Å²) >= 11 is 0. The highest BCUT2D eigenvalue weighted by molar-refractivity contribution is 5.95. The lowest BCUT2D eigenvalue weighted by Gasteiger charge is -2.32. The number of aromatic amines is 1. The minimum Gasteiger partial charge on any atom is -0.497 e. The second-order valence-electron chi connectivity index (χ2n) is 9.31. The summed E-state index contributed by atoms with van der Waals surface area (Å²) in [4.78, 5) is 15.6. The summed E-state index contributed by atoms with van der Waals surface area (Å²) < 4.78 is 17.5. The van der Waals surface area contributed by atoms with E-state index >= 15 is 0 Å². The molecule has 2 aromatic carbocycles. The van der Waals surface area contributed by atoms with Crippen LogP contribution < -0.4 is 19.5 Å². The SMILES string of the molecule is COc1ccc2c(c1)CC(C(=O)Nc1ccc(-c3cn[nH]c3)cc1OCC1CCCCN1C)CO2. The van der Waals surface area contributed by atoms with E-state index in [0.717, 1.165) is 41.2 Å². The molecule has 1 fully saturated rings. The molecular weight excluding hydrogens is 444 g/mol. The van der Waals surface area contributed by atoms with Crippen molar-refractivity contribution in [1.29, 1.82) is 0 Å². The number of carbonyl (C=O) groups excluding carboxylic acids is 1. The number of nitrogens with zero attached hydrogens (tertiary/aromatic N) is 2. The molecule has 0 saturated carbocycles. The van der Waals surface area contributed by atoms with Crippen molar-refractivity contribution in [2.75, 3.05) is 39.2 Å². The van der Waals surface area contributed by atoms with Gasteiger partial charge in [-0.1, -0.05) is 12.5 Å². The van der Waals surface area contributed by atoms with Crippen LogP contribution in [0.15, 0.2) is 48.8 Å². The third-order valence-corrected chi connectivity index (χ3v) is 6.97. The number of aromatic nitrogens is 2. The summed E-state index contributed by atoms with van der Waals surface area (Å²) in [5, 5.41) is 10.0. The van der Waals surface area contributed by atoms with Crippen LogP contribution in [0.1, 0.15) is 24.8 Å². The number of rotatable bonds is 7. The van der Waals surface area contributed by atoms with Crippen LogP contribution >= 0.6 is 0 Å². The van der Waals surface area contributed by atoms with E-state index in [4.69, 9.17) is 14.2 Å². The molecule has 3 heterocycles. The molecule has 3 aromatic rings. The molecule has 35 heavy (non-hydrogen) atoms. The van der Waals surface area contributed by atoms with E-state index < -0.39 is 0 Å². The van der Waals surface area contributed by atoms with Crippen LogP contribution in [0.2, 0.25) is 0 Å². The van der Waals surface area contributed by atoms with Crippen molar-refractivity contribution in [2.45, 2.75) is 31.7 Å². The minimum absolute atomic E-state index is 0.0887. The third-order valence-electron chi connectivity index (χ3n) is 6.97. The van der Waals surface area contributed by atoms with Gasteiger partial charge in [0.2, 0.25) is 5.91 Å². The van der Waals surface area contributed by atoms with Gasteiger partial charge in [0.25, 0.3) is 0 Å². The van der Waals surface area contributed by atoms with Gasteiger partial charge < -0.3 is 24.4 Å². The van der Waals surface area contributed by atoms with E-state index in [9.17, 15) is 4.79 Å². The molecule has 0 spiro atoms. The maximum Gasteiger partial charge on any atom is 0.231 e. The zero-order chi connectivity index (χ0) is 24.2. The summed E-state index contributed by atoms with van der Waals surface area (Å²) in [7, 11) is 3.78. The number of methoxy groups -OCH3 is 1. The lowest BCUT2D eigenvalue weighted by molar-refractivity contribution is -0.121. The number of piperidine rings is 1. The van der Waals surface area contributed by atoms with Gasteiger partial charge in [-0.25, -0.2) is 0 Å². The zero-order valence-electron chi connectivity index (χ0n) is 20.3. The Labute approximate surface area is 205 Å². The Morgan fingerprint density at radius 2 is 2.14 bits per heavy atom. The van der Waals surface area contributed by atoms with Gasteiger partial charge >= 0.3 is 0 Å². The molecule has 8 heteroatoms. The van der Waals surface area contributed by atoms with E-state index in [1.54, 1.807) is 13.3 Å². The normalized spacial score (nSPS) is 19.9. The van der Waals surface area contributed by atoms with E-state index in [-0.39, 0.29) is 11.8 Å². The van der Waals surface area contributed by atoms with Gasteiger partial charge in [-0.15, -0.1) is 0 Å². The lowest BCUT2D eigenvalue weighted by atomic mass is 9.95. The monoisotopic (exact) mass is 476 g/mol. The van der Waals surface area contributed by atoms with E-state index in [2.05, 4.69) is 27.5 Å². The highest BCUT2D eigenvalue weighted by Gasteiger charge is 2.27. The van der Waals surface area contributed by atoms with Crippen molar-refractivity contribution in [2.24, 2.45) is 5.92 Å². The smallest absolute Gasteiger partial charge is 0.231 e. The van der Waals surface area contributed by atoms with E-state index in [1.165, 1.54) is 12.8 Å². The maximum absolute atomic E-state index is 13.3. The van der Waals surface area contributed by atoms with E-state index in [0.29, 0.717) is 37.1 Å². The molecule has 0 radical (unpaired) electrons. The standard InChI is InChI=1S/C27H32N4O4/c1-31-10-4-3-5-22(31)17-35-26-13-18(21-14-28-29-15-21)6-8-24(26)30-27(32)20-11-19-12-23(33-2)7-9-25(19)34-16-20/h6-9,12-15,20,22H,3-5,10-11,16-17H2,1-2H3,(H,28,29)(H,30,32). The largest absolute Gasteiger partial charge is 0.497 e. The van der Waals surface area contributed by atoms with Crippen molar-refractivity contribution < 1.29 is 19.0 Å². The number of nitrogens with one attached hydrogen (secondary N) is 2. The molecule has 2 aliphatic heterocycles. The van der Waals surface area contributed by atoms with Crippen LogP contribution in [0, 0.1) is 5.92 Å². The average molecular weight is 477 g/mol. The Hall–Kier alpha value is -3.52. The molecule has 2 unspecified atom stereocenters. The molecule has 2 N–H and O–H groups in total. The van der Waals surface area contributed by atoms with Gasteiger partial charge in [0.1, 0.15) is 30.5 Å².